The second kappa shape index (κ2) is 12.5. The van der Waals surface area contributed by atoms with E-state index >= 15 is 0 Å². The topological polar surface area (TPSA) is 109 Å². The Labute approximate surface area is 214 Å². The van der Waals surface area contributed by atoms with Gasteiger partial charge in [0.2, 0.25) is 0 Å². The van der Waals surface area contributed by atoms with Gasteiger partial charge < -0.3 is 15.4 Å². The summed E-state index contributed by atoms with van der Waals surface area (Å²) in [4.78, 5) is 35.8. The first-order valence-corrected chi connectivity index (χ1v) is 11.0. The first kappa shape index (κ1) is 27.2. The van der Waals surface area contributed by atoms with E-state index in [4.69, 9.17) is 16.3 Å². The number of carbonyl (C=O) groups is 3. The van der Waals surface area contributed by atoms with Gasteiger partial charge in [-0.2, -0.15) is 18.3 Å². The maximum Gasteiger partial charge on any atom is 0.417 e. The molecule has 3 rings (SSSR count). The molecule has 8 nitrogen and oxygen atoms in total. The zero-order valence-electron chi connectivity index (χ0n) is 19.0. The first-order valence-electron chi connectivity index (χ1n) is 10.7. The van der Waals surface area contributed by atoms with E-state index in [1.807, 2.05) is 41.1 Å². The van der Waals surface area contributed by atoms with Crippen LogP contribution < -0.4 is 20.8 Å². The minimum Gasteiger partial charge on any atom is -0.484 e. The maximum absolute atomic E-state index is 12.9. The molecule has 3 aromatic rings. The highest BCUT2D eigenvalue weighted by Crippen LogP contribution is 2.36. The predicted molar refractivity (Wildman–Crippen MR) is 131 cm³/mol. The number of benzene rings is 3. The summed E-state index contributed by atoms with van der Waals surface area (Å²) in [6, 6.07) is 18.5. The van der Waals surface area contributed by atoms with E-state index in [1.165, 1.54) is 6.21 Å². The highest BCUT2D eigenvalue weighted by molar-refractivity contribution is 6.39. The number of nitrogens with one attached hydrogen (secondary N) is 3. The quantitative estimate of drug-likeness (QED) is 0.230. The molecular formula is C25H20ClF3N4O4. The Kier molecular flexibility index (Phi) is 9.22. The number of alkyl halides is 3. The molecule has 0 aliphatic rings. The largest absolute Gasteiger partial charge is 0.484 e. The summed E-state index contributed by atoms with van der Waals surface area (Å²) < 4.78 is 44.2. The summed E-state index contributed by atoms with van der Waals surface area (Å²) in [6.07, 6.45) is -3.48. The zero-order valence-corrected chi connectivity index (χ0v) is 19.8. The number of hydrogen-bond donors (Lipinski definition) is 3. The van der Waals surface area contributed by atoms with Gasteiger partial charge in [-0.05, 0) is 53.6 Å². The van der Waals surface area contributed by atoms with Crippen molar-refractivity contribution in [1.29, 1.82) is 0 Å². The minimum absolute atomic E-state index is 0.177. The fraction of sp³-hybridized carbons (Fsp3) is 0.120. The van der Waals surface area contributed by atoms with Gasteiger partial charge in [-0.25, -0.2) is 5.43 Å². The van der Waals surface area contributed by atoms with E-state index in [0.29, 0.717) is 23.9 Å². The smallest absolute Gasteiger partial charge is 0.417 e. The average molecular weight is 533 g/mol. The number of nitrogens with zero attached hydrogens (tertiary/aromatic N) is 1. The van der Waals surface area contributed by atoms with Crippen molar-refractivity contribution < 1.29 is 32.3 Å². The Balaban J connectivity index is 1.43. The SMILES string of the molecule is O=C(COc1ccc(/C=N\NC(=O)C(=O)Nc2ccc(Cl)c(C(F)(F)F)c2)cc1)NCc1ccccc1. The van der Waals surface area contributed by atoms with Crippen molar-refractivity contribution in [3.05, 3.63) is 94.5 Å². The summed E-state index contributed by atoms with van der Waals surface area (Å²) in [5, 5.41) is 7.89. The van der Waals surface area contributed by atoms with Gasteiger partial charge in [0.25, 0.3) is 5.91 Å². The van der Waals surface area contributed by atoms with Crippen LogP contribution in [0.4, 0.5) is 18.9 Å². The minimum atomic E-state index is -4.72. The van der Waals surface area contributed by atoms with Crippen molar-refractivity contribution >= 4 is 41.2 Å². The lowest BCUT2D eigenvalue weighted by Crippen LogP contribution is -2.32. The van der Waals surface area contributed by atoms with Crippen molar-refractivity contribution in [3.63, 3.8) is 0 Å². The van der Waals surface area contributed by atoms with Gasteiger partial charge in [0.05, 0.1) is 16.8 Å². The summed E-state index contributed by atoms with van der Waals surface area (Å²) in [5.41, 5.74) is 2.07. The van der Waals surface area contributed by atoms with E-state index in [2.05, 4.69) is 10.4 Å². The van der Waals surface area contributed by atoms with Crippen LogP contribution in [0.3, 0.4) is 0 Å². The molecule has 3 N–H and O–H groups in total. The lowest BCUT2D eigenvalue weighted by atomic mass is 10.2. The van der Waals surface area contributed by atoms with Gasteiger partial charge in [-0.15, -0.1) is 0 Å². The van der Waals surface area contributed by atoms with Crippen LogP contribution in [0.15, 0.2) is 77.9 Å². The third-order valence-corrected chi connectivity index (χ3v) is 5.03. The van der Waals surface area contributed by atoms with E-state index in [9.17, 15) is 27.6 Å². The number of hydrogen-bond acceptors (Lipinski definition) is 5. The number of ether oxygens (including phenoxy) is 1. The normalized spacial score (nSPS) is 11.1. The van der Waals surface area contributed by atoms with Crippen LogP contribution in [0.1, 0.15) is 16.7 Å². The lowest BCUT2D eigenvalue weighted by molar-refractivity contribution is -0.137. The molecule has 3 amide bonds. The Morgan fingerprint density at radius 2 is 1.65 bits per heavy atom. The molecule has 0 heterocycles. The van der Waals surface area contributed by atoms with Crippen LogP contribution in [0, 0.1) is 0 Å². The zero-order chi connectivity index (χ0) is 26.8. The maximum atomic E-state index is 12.9. The van der Waals surface area contributed by atoms with Crippen molar-refractivity contribution in [3.8, 4) is 5.75 Å². The molecule has 0 saturated carbocycles. The highest BCUT2D eigenvalue weighted by Gasteiger charge is 2.33. The molecule has 0 bridgehead atoms. The summed E-state index contributed by atoms with van der Waals surface area (Å²) in [6.45, 7) is 0.208. The van der Waals surface area contributed by atoms with E-state index in [1.54, 1.807) is 24.3 Å². The number of halogens is 4. The van der Waals surface area contributed by atoms with Gasteiger partial charge in [0.1, 0.15) is 5.75 Å². The van der Waals surface area contributed by atoms with Crippen molar-refractivity contribution in [2.45, 2.75) is 12.7 Å². The number of amides is 3. The Hall–Kier alpha value is -4.38. The molecule has 0 fully saturated rings. The van der Waals surface area contributed by atoms with E-state index < -0.39 is 28.6 Å². The van der Waals surface area contributed by atoms with Crippen LogP contribution in [-0.2, 0) is 27.1 Å². The highest BCUT2D eigenvalue weighted by atomic mass is 35.5. The average Bonchev–Trinajstić information content (AvgIpc) is 2.88. The summed E-state index contributed by atoms with van der Waals surface area (Å²) in [7, 11) is 0. The summed E-state index contributed by atoms with van der Waals surface area (Å²) >= 11 is 5.52. The second-order valence-corrected chi connectivity index (χ2v) is 7.87. The van der Waals surface area contributed by atoms with Gasteiger partial charge in [0.15, 0.2) is 6.61 Å². The van der Waals surface area contributed by atoms with Crippen molar-refractivity contribution in [2.75, 3.05) is 11.9 Å². The van der Waals surface area contributed by atoms with Crippen LogP contribution in [0.2, 0.25) is 5.02 Å². The third kappa shape index (κ3) is 8.65. The van der Waals surface area contributed by atoms with Crippen LogP contribution in [0.25, 0.3) is 0 Å². The van der Waals surface area contributed by atoms with Gasteiger partial charge in [-0.1, -0.05) is 41.9 Å². The number of anilines is 1. The Morgan fingerprint density at radius 3 is 2.32 bits per heavy atom. The molecular weight excluding hydrogens is 513 g/mol. The molecule has 0 saturated heterocycles. The molecule has 0 aromatic heterocycles. The summed E-state index contributed by atoms with van der Waals surface area (Å²) in [5.74, 6) is -2.27. The third-order valence-electron chi connectivity index (χ3n) is 4.70. The standard InChI is InChI=1S/C25H20ClF3N4O4/c26-21-11-8-18(12-20(21)25(27,28)29)32-23(35)24(36)33-31-14-17-6-9-19(10-7-17)37-15-22(34)30-13-16-4-2-1-3-5-16/h1-12,14H,13,15H2,(H,30,34)(H,32,35)(H,33,36)/b31-14-. The Morgan fingerprint density at radius 1 is 0.946 bits per heavy atom. The van der Waals surface area contributed by atoms with Gasteiger partial charge in [0, 0.05) is 12.2 Å². The van der Waals surface area contributed by atoms with Crippen LogP contribution in [0.5, 0.6) is 5.75 Å². The fourth-order valence-corrected chi connectivity index (χ4v) is 3.10. The van der Waals surface area contributed by atoms with Gasteiger partial charge in [-0.3, -0.25) is 14.4 Å². The van der Waals surface area contributed by atoms with E-state index in [-0.39, 0.29) is 18.2 Å². The fourth-order valence-electron chi connectivity index (χ4n) is 2.87. The molecule has 0 unspecified atom stereocenters. The van der Waals surface area contributed by atoms with Crippen LogP contribution >= 0.6 is 11.6 Å². The molecule has 0 radical (unpaired) electrons. The first-order chi connectivity index (χ1) is 17.6. The molecule has 0 atom stereocenters. The van der Waals surface area contributed by atoms with Gasteiger partial charge >= 0.3 is 18.0 Å². The van der Waals surface area contributed by atoms with Crippen molar-refractivity contribution in [2.24, 2.45) is 5.10 Å². The van der Waals surface area contributed by atoms with Crippen molar-refractivity contribution in [1.82, 2.24) is 10.7 Å². The molecule has 37 heavy (non-hydrogen) atoms. The molecule has 3 aromatic carbocycles. The molecule has 12 heteroatoms. The second-order valence-electron chi connectivity index (χ2n) is 7.47. The molecule has 0 aliphatic heterocycles. The number of hydrazone groups is 1. The monoisotopic (exact) mass is 532 g/mol. The number of rotatable bonds is 8. The Bertz CT molecular complexity index is 1280. The molecule has 192 valence electrons. The lowest BCUT2D eigenvalue weighted by Gasteiger charge is -2.11. The van der Waals surface area contributed by atoms with Crippen LogP contribution in [-0.4, -0.2) is 30.5 Å². The molecule has 0 aliphatic carbocycles. The number of carbonyl (C=O) groups excluding carboxylic acids is 3. The predicted octanol–water partition coefficient (Wildman–Crippen LogP) is 4.14. The van der Waals surface area contributed by atoms with E-state index in [0.717, 1.165) is 17.7 Å². The molecule has 0 spiro atoms.